The second kappa shape index (κ2) is 11.0. The van der Waals surface area contributed by atoms with Gasteiger partial charge in [-0.2, -0.15) is 0 Å². The number of rotatable bonds is 9. The number of hydrogen-bond donors (Lipinski definition) is 6. The van der Waals surface area contributed by atoms with Crippen LogP contribution < -0.4 is 10.6 Å². The largest absolute Gasteiger partial charge is 0.478 e. The van der Waals surface area contributed by atoms with Gasteiger partial charge in [0.15, 0.2) is 6.10 Å². The van der Waals surface area contributed by atoms with Gasteiger partial charge in [-0.1, -0.05) is 13.3 Å². The Hall–Kier alpha value is -1.95. The van der Waals surface area contributed by atoms with Gasteiger partial charge in [-0.25, -0.2) is 4.79 Å². The third-order valence-electron chi connectivity index (χ3n) is 3.80. The average molecular weight is 406 g/mol. The molecule has 0 saturated carbocycles. The van der Waals surface area contributed by atoms with Crippen molar-refractivity contribution in [2.45, 2.75) is 57.1 Å². The lowest BCUT2D eigenvalue weighted by Gasteiger charge is -2.38. The van der Waals surface area contributed by atoms with E-state index in [4.69, 9.17) is 26.8 Å². The molecule has 1 rings (SSSR count). The van der Waals surface area contributed by atoms with E-state index in [-0.39, 0.29) is 5.17 Å². The molecular weight excluding hydrogens is 380 g/mol. The van der Waals surface area contributed by atoms with Gasteiger partial charge in [0, 0.05) is 13.5 Å². The van der Waals surface area contributed by atoms with E-state index >= 15 is 0 Å². The quantitative estimate of drug-likeness (QED) is 0.199. The first-order valence-electron chi connectivity index (χ1n) is 8.51. The SMILES string of the molecule is CCCCNC(=S)OC[C@@H](O)[C@@H](O)[C@@H]1OC(C(=O)O)=C[C@H](O)[C@H]1NC(C)=O. The Balaban J connectivity index is 2.75. The molecule has 154 valence electrons. The molecule has 27 heavy (non-hydrogen) atoms. The molecule has 0 fully saturated rings. The lowest BCUT2D eigenvalue weighted by atomic mass is 9.94. The number of aliphatic hydroxyl groups excluding tert-OH is 3. The number of ether oxygens (including phenoxy) is 2. The van der Waals surface area contributed by atoms with Crippen molar-refractivity contribution in [2.75, 3.05) is 13.2 Å². The maximum Gasteiger partial charge on any atom is 0.370 e. The number of carboxylic acids is 1. The van der Waals surface area contributed by atoms with Crippen LogP contribution in [0, 0.1) is 0 Å². The van der Waals surface area contributed by atoms with Crippen LogP contribution in [0.3, 0.4) is 0 Å². The molecule has 11 heteroatoms. The summed E-state index contributed by atoms with van der Waals surface area (Å²) in [6, 6.07) is -1.16. The number of nitrogens with one attached hydrogen (secondary N) is 2. The van der Waals surface area contributed by atoms with Crippen molar-refractivity contribution >= 4 is 29.3 Å². The highest BCUT2D eigenvalue weighted by Crippen LogP contribution is 2.23. The van der Waals surface area contributed by atoms with Crippen molar-refractivity contribution in [3.8, 4) is 0 Å². The molecule has 10 nitrogen and oxygen atoms in total. The van der Waals surface area contributed by atoms with E-state index in [2.05, 4.69) is 10.6 Å². The number of amides is 1. The number of carbonyl (C=O) groups is 2. The molecule has 1 amide bonds. The summed E-state index contributed by atoms with van der Waals surface area (Å²) in [6.07, 6.45) is -3.29. The summed E-state index contributed by atoms with van der Waals surface area (Å²) in [5, 5.41) is 44.9. The third-order valence-corrected chi connectivity index (χ3v) is 4.07. The normalized spacial score (nSPS) is 24.0. The highest BCUT2D eigenvalue weighted by atomic mass is 32.1. The minimum atomic E-state index is -1.67. The first kappa shape index (κ1) is 23.1. The molecule has 0 radical (unpaired) electrons. The van der Waals surface area contributed by atoms with Crippen LogP contribution in [0.1, 0.15) is 26.7 Å². The third kappa shape index (κ3) is 7.29. The van der Waals surface area contributed by atoms with Crippen molar-refractivity contribution in [3.63, 3.8) is 0 Å². The van der Waals surface area contributed by atoms with Crippen LogP contribution in [-0.2, 0) is 19.1 Å². The zero-order valence-electron chi connectivity index (χ0n) is 15.1. The molecule has 1 heterocycles. The summed E-state index contributed by atoms with van der Waals surface area (Å²) in [5.41, 5.74) is 0. The van der Waals surface area contributed by atoms with Crippen molar-refractivity contribution in [3.05, 3.63) is 11.8 Å². The fourth-order valence-corrected chi connectivity index (χ4v) is 2.59. The average Bonchev–Trinajstić information content (AvgIpc) is 2.60. The van der Waals surface area contributed by atoms with E-state index in [9.17, 15) is 24.9 Å². The van der Waals surface area contributed by atoms with Gasteiger partial charge in [0.25, 0.3) is 5.17 Å². The monoisotopic (exact) mass is 406 g/mol. The minimum absolute atomic E-state index is 0.0452. The Morgan fingerprint density at radius 2 is 2.07 bits per heavy atom. The number of carbonyl (C=O) groups excluding carboxylic acids is 1. The lowest BCUT2D eigenvalue weighted by molar-refractivity contribution is -0.149. The molecule has 0 aliphatic carbocycles. The summed E-state index contributed by atoms with van der Waals surface area (Å²) in [6.45, 7) is 3.40. The van der Waals surface area contributed by atoms with E-state index in [1.54, 1.807) is 0 Å². The molecule has 5 atom stereocenters. The molecule has 0 aromatic heterocycles. The Labute approximate surface area is 162 Å². The van der Waals surface area contributed by atoms with Gasteiger partial charge in [-0.3, -0.25) is 4.79 Å². The fourth-order valence-electron chi connectivity index (χ4n) is 2.42. The molecule has 6 N–H and O–H groups in total. The summed E-state index contributed by atoms with van der Waals surface area (Å²) in [5.74, 6) is -2.59. The van der Waals surface area contributed by atoms with Gasteiger partial charge in [-0.15, -0.1) is 0 Å². The number of hydrogen-bond acceptors (Lipinski definition) is 8. The molecular formula is C16H26N2O8S. The minimum Gasteiger partial charge on any atom is -0.478 e. The van der Waals surface area contributed by atoms with Crippen molar-refractivity contribution in [1.82, 2.24) is 10.6 Å². The molecule has 0 aromatic carbocycles. The second-order valence-corrected chi connectivity index (χ2v) is 6.44. The molecule has 1 aliphatic rings. The standard InChI is InChI=1S/C16H26N2O8S/c1-3-4-5-17-16(27)25-7-10(21)13(22)14-12(18-8(2)19)9(20)6-11(26-14)15(23)24/h6,9-10,12-14,20-22H,3-5,7H2,1-2H3,(H,17,27)(H,18,19)(H,23,24)/t9-,10+,12+,13+,14+/m0/s1. The predicted molar refractivity (Wildman–Crippen MR) is 97.7 cm³/mol. The first-order valence-corrected chi connectivity index (χ1v) is 8.91. The summed E-state index contributed by atoms with van der Waals surface area (Å²) >= 11 is 4.94. The molecule has 1 aliphatic heterocycles. The van der Waals surface area contributed by atoms with Crippen molar-refractivity contribution in [2.24, 2.45) is 0 Å². The maximum absolute atomic E-state index is 11.3. The highest BCUT2D eigenvalue weighted by Gasteiger charge is 2.43. The second-order valence-electron chi connectivity index (χ2n) is 6.07. The summed E-state index contributed by atoms with van der Waals surface area (Å²) < 4.78 is 10.3. The van der Waals surface area contributed by atoms with E-state index < -0.39 is 54.7 Å². The van der Waals surface area contributed by atoms with Gasteiger partial charge >= 0.3 is 5.97 Å². The zero-order valence-corrected chi connectivity index (χ0v) is 15.9. The highest BCUT2D eigenvalue weighted by molar-refractivity contribution is 7.80. The van der Waals surface area contributed by atoms with Crippen LogP contribution in [-0.4, -0.2) is 81.1 Å². The van der Waals surface area contributed by atoms with Crippen molar-refractivity contribution in [1.29, 1.82) is 0 Å². The van der Waals surface area contributed by atoms with Crippen molar-refractivity contribution < 1.29 is 39.5 Å². The molecule has 0 spiro atoms. The molecule has 0 bridgehead atoms. The number of carboxylic acid groups (broad SMARTS) is 1. The Kier molecular flexibility index (Phi) is 9.43. The maximum atomic E-state index is 11.3. The van der Waals surface area contributed by atoms with Crippen LogP contribution in [0.4, 0.5) is 0 Å². The Morgan fingerprint density at radius 3 is 2.63 bits per heavy atom. The Bertz CT molecular complexity index is 571. The smallest absolute Gasteiger partial charge is 0.370 e. The zero-order chi connectivity index (χ0) is 20.6. The van der Waals surface area contributed by atoms with Gasteiger partial charge in [0.05, 0.1) is 6.04 Å². The molecule has 0 aromatic rings. The number of unbranched alkanes of at least 4 members (excludes halogenated alkanes) is 1. The van der Waals surface area contributed by atoms with Crippen LogP contribution in [0.15, 0.2) is 11.8 Å². The first-order chi connectivity index (χ1) is 12.7. The molecule has 0 saturated heterocycles. The predicted octanol–water partition coefficient (Wildman–Crippen LogP) is -1.37. The van der Waals surface area contributed by atoms with Crippen LogP contribution >= 0.6 is 12.2 Å². The van der Waals surface area contributed by atoms with E-state index in [0.29, 0.717) is 6.54 Å². The van der Waals surface area contributed by atoms with E-state index in [1.807, 2.05) is 6.92 Å². The number of aliphatic hydroxyl groups is 3. The summed E-state index contributed by atoms with van der Waals surface area (Å²) in [7, 11) is 0. The Morgan fingerprint density at radius 1 is 1.41 bits per heavy atom. The van der Waals surface area contributed by atoms with E-state index in [0.717, 1.165) is 18.9 Å². The molecule has 0 unspecified atom stereocenters. The number of thiocarbonyl (C=S) groups is 1. The fraction of sp³-hybridized carbons (Fsp3) is 0.688. The van der Waals surface area contributed by atoms with Gasteiger partial charge < -0.3 is 40.5 Å². The van der Waals surface area contributed by atoms with Gasteiger partial charge in [-0.05, 0) is 24.7 Å². The van der Waals surface area contributed by atoms with Gasteiger partial charge in [0.1, 0.15) is 24.9 Å². The summed E-state index contributed by atoms with van der Waals surface area (Å²) in [4.78, 5) is 22.5. The lowest BCUT2D eigenvalue weighted by Crippen LogP contribution is -2.60. The number of aliphatic carboxylic acids is 1. The van der Waals surface area contributed by atoms with Crippen LogP contribution in [0.5, 0.6) is 0 Å². The van der Waals surface area contributed by atoms with E-state index in [1.165, 1.54) is 6.92 Å². The topological polar surface area (TPSA) is 158 Å². The van der Waals surface area contributed by atoms with Crippen LogP contribution in [0.25, 0.3) is 0 Å². The van der Waals surface area contributed by atoms with Gasteiger partial charge in [0.2, 0.25) is 11.7 Å². The van der Waals surface area contributed by atoms with Crippen LogP contribution in [0.2, 0.25) is 0 Å².